The summed E-state index contributed by atoms with van der Waals surface area (Å²) >= 11 is 66.9. The number of ketones is 2. The van der Waals surface area contributed by atoms with Gasteiger partial charge in [0, 0.05) is 88.3 Å². The Morgan fingerprint density at radius 1 is 0.201 bits per heavy atom. The number of thiol groups is 17. The minimum Gasteiger partial charge on any atom is -0.465 e. The van der Waals surface area contributed by atoms with Gasteiger partial charge in [-0.05, 0) is 31.4 Å². The average Bonchev–Trinajstić information content (AvgIpc) is 0.782. The molecule has 38 nitrogen and oxygen atoms in total. The van der Waals surface area contributed by atoms with Gasteiger partial charge in [-0.3, -0.25) is 81.5 Å². The van der Waals surface area contributed by atoms with Crippen molar-refractivity contribution in [2.24, 2.45) is 21.7 Å². The maximum absolute atomic E-state index is 12.7. The number of carbonyl (C=O) groups is 17. The first-order valence-electron chi connectivity index (χ1n) is 41.4. The van der Waals surface area contributed by atoms with Crippen LogP contribution in [0.25, 0.3) is 0 Å². The Balaban J connectivity index is -0.000000795. The Hall–Kier alpha value is -4.25. The van der Waals surface area contributed by atoms with Gasteiger partial charge in [0.15, 0.2) is 0 Å². The van der Waals surface area contributed by atoms with Crippen LogP contribution in [0.2, 0.25) is 0 Å². The van der Waals surface area contributed by atoms with E-state index in [1.165, 1.54) is 0 Å². The van der Waals surface area contributed by atoms with Gasteiger partial charge in [-0.1, -0.05) is 13.8 Å². The summed E-state index contributed by atoms with van der Waals surface area (Å²) in [6.07, 6.45) is 3.17. The first-order valence-corrected chi connectivity index (χ1v) is 52.2. The Bertz CT molecular complexity index is 3470. The Kier molecular flexibility index (Phi) is 86.8. The summed E-state index contributed by atoms with van der Waals surface area (Å²) in [5, 5.41) is 0. The molecule has 0 unspecified atom stereocenters. The van der Waals surface area contributed by atoms with Crippen molar-refractivity contribution in [3.05, 3.63) is 31.5 Å². The molecular formula is C79H129N3O35S17. The zero-order chi connectivity index (χ0) is 102. The summed E-state index contributed by atoms with van der Waals surface area (Å²) in [7, 11) is 0. The van der Waals surface area contributed by atoms with Crippen molar-refractivity contribution in [1.29, 1.82) is 0 Å². The maximum Gasteiger partial charge on any atom is 0.336 e. The molecule has 0 fully saturated rings. The molecule has 1 aromatic heterocycles. The third-order valence-electron chi connectivity index (χ3n) is 17.5. The molecule has 0 saturated carbocycles. The fraction of sp³-hybridized carbons (Fsp3) is 0.747. The maximum atomic E-state index is 12.7. The van der Waals surface area contributed by atoms with Crippen LogP contribution in [0.4, 0.5) is 0 Å². The van der Waals surface area contributed by atoms with E-state index in [0.717, 1.165) is 13.7 Å². The average molecular weight is 2230 g/mol. The molecule has 0 bridgehead atoms. The van der Waals surface area contributed by atoms with Gasteiger partial charge in [0.1, 0.15) is 111 Å². The van der Waals surface area contributed by atoms with Crippen molar-refractivity contribution in [3.63, 3.8) is 0 Å². The highest BCUT2D eigenvalue weighted by molar-refractivity contribution is 7.83. The van der Waals surface area contributed by atoms with E-state index in [4.69, 9.17) is 71.1 Å². The molecule has 0 atom stereocenters. The van der Waals surface area contributed by atoms with Crippen LogP contribution in [0.3, 0.4) is 0 Å². The van der Waals surface area contributed by atoms with E-state index in [2.05, 4.69) is 215 Å². The summed E-state index contributed by atoms with van der Waals surface area (Å²) in [6.45, 7) is 0.762. The lowest BCUT2D eigenvalue weighted by molar-refractivity contribution is -0.164. The third-order valence-corrected chi connectivity index (χ3v) is 21.6. The monoisotopic (exact) mass is 2220 g/mol. The molecule has 134 heavy (non-hydrogen) atoms. The third kappa shape index (κ3) is 68.0. The second-order valence-electron chi connectivity index (χ2n) is 28.2. The van der Waals surface area contributed by atoms with Crippen molar-refractivity contribution in [2.45, 2.75) is 149 Å². The molecule has 0 spiro atoms. The second-order valence-corrected chi connectivity index (χ2v) is 35.1. The molecule has 0 aliphatic heterocycles. The standard InChI is InChI=1S/C18H27N3O9S3.C18H30O7S4.C16H26O7S4.C15H26O6S3.C12H20O6S3/c22-13(1-10-31)28-7-4-19-16(25)20(5-8-29-14(23)2-11-32)18(27)21(17(19)26)6-9-30-15(24)3-12-33;19-14(2-7-26)1-6-18(11-23-15(20)3-8-27,12-24-16(21)4-9-28)13-25-17(22)5-10-29;17-12(7-26)1-4-16(11-23-15(20)8-27,9-21-13(18)2-5-24)10-22-14(19)3-6-25;1-2-15(9-19-12(16)3-6-22,10-20-13(17)4-7-23)11-21-14(18)5-8-24;1-2-12(6-16-9(13)3-19,7-17-10(14)4-20)8-18-11(15)5-21/h31-33H,1-12H2;26-29H,1-13H2;24-27H,1-11H2;22-24H,2-11H2,1H3;19-21H,2-8H2,1H3. The van der Waals surface area contributed by atoms with Crippen molar-refractivity contribution < 1.29 is 153 Å². The highest BCUT2D eigenvalue weighted by Crippen LogP contribution is 2.31. The fourth-order valence-electron chi connectivity index (χ4n) is 9.48. The Morgan fingerprint density at radius 3 is 0.515 bits per heavy atom. The van der Waals surface area contributed by atoms with Gasteiger partial charge in [-0.15, -0.1) is 0 Å². The SMILES string of the molecule is CCC(COC(=O)CCS)(COC(=O)CCS)COC(=O)CCS.CCC(COC(=O)CS)(COC(=O)CS)COC(=O)CS.O=C(CCS)CCC(COC(=O)CCS)(COC(=O)CCS)COC(=O)CCS.O=C(CCS)OCCn1c(=O)n(CCOC(=O)CCS)c(=O)n(CCOC(=O)CCS)c1=O.O=C(CS)CCC(COC(=O)CS)(COC(=O)CCS)COC(=O)CCS. The van der Waals surface area contributed by atoms with Gasteiger partial charge >= 0.3 is 107 Å². The lowest BCUT2D eigenvalue weighted by atomic mass is 9.84. The highest BCUT2D eigenvalue weighted by Gasteiger charge is 2.40. The normalized spacial score (nSPS) is 10.9. The van der Waals surface area contributed by atoms with Crippen LogP contribution in [-0.4, -0.2) is 312 Å². The summed E-state index contributed by atoms with van der Waals surface area (Å²) in [6, 6.07) is 0. The predicted octanol–water partition coefficient (Wildman–Crippen LogP) is 5.22. The number of nitrogens with zero attached hydrogens (tertiary/aromatic N) is 3. The molecule has 1 rings (SSSR count). The van der Waals surface area contributed by atoms with E-state index >= 15 is 0 Å². The molecule has 0 saturated heterocycles. The van der Waals surface area contributed by atoms with Crippen LogP contribution in [0.1, 0.15) is 129 Å². The van der Waals surface area contributed by atoms with Crippen molar-refractivity contribution in [3.8, 4) is 0 Å². The van der Waals surface area contributed by atoms with Crippen LogP contribution in [0.15, 0.2) is 14.4 Å². The van der Waals surface area contributed by atoms with E-state index < -0.39 is 128 Å². The number of aromatic nitrogens is 3. The summed E-state index contributed by atoms with van der Waals surface area (Å²) in [4.78, 5) is 235. The number of hydrogen-bond acceptors (Lipinski definition) is 52. The first-order chi connectivity index (χ1) is 63.7. The van der Waals surface area contributed by atoms with Gasteiger partial charge in [-0.2, -0.15) is 215 Å². The largest absolute Gasteiger partial charge is 0.465 e. The first kappa shape index (κ1) is 136. The molecule has 55 heteroatoms. The summed E-state index contributed by atoms with van der Waals surface area (Å²) < 4.78 is 79.3. The zero-order valence-corrected chi connectivity index (χ0v) is 89.9. The number of esters is 15. The van der Waals surface area contributed by atoms with Crippen LogP contribution < -0.4 is 17.1 Å². The van der Waals surface area contributed by atoms with Crippen molar-refractivity contribution in [1.82, 2.24) is 13.7 Å². The number of hydrogen-bond donors (Lipinski definition) is 17. The van der Waals surface area contributed by atoms with E-state index in [9.17, 15) is 95.9 Å². The molecule has 772 valence electrons. The molecule has 0 amide bonds. The highest BCUT2D eigenvalue weighted by atomic mass is 32.1. The van der Waals surface area contributed by atoms with Crippen molar-refractivity contribution >= 4 is 316 Å². The zero-order valence-electron chi connectivity index (χ0n) is 74.7. The molecule has 0 aromatic carbocycles. The van der Waals surface area contributed by atoms with Gasteiger partial charge in [0.25, 0.3) is 0 Å². The molecule has 0 N–H and O–H groups in total. The van der Waals surface area contributed by atoms with E-state index in [1.807, 2.05) is 13.8 Å². The Labute approximate surface area is 873 Å². The summed E-state index contributed by atoms with van der Waals surface area (Å²) in [5.74, 6) is -3.84. The van der Waals surface area contributed by atoms with E-state index in [0.29, 0.717) is 64.6 Å². The number of ether oxygens (including phenoxy) is 15. The summed E-state index contributed by atoms with van der Waals surface area (Å²) in [5.41, 5.74) is -6.51. The minimum absolute atomic E-state index is 0.00157. The molecule has 0 aliphatic carbocycles. The lowest BCUT2D eigenvalue weighted by Crippen LogP contribution is -2.55. The predicted molar refractivity (Wildman–Crippen MR) is 553 cm³/mol. The fourth-order valence-corrected chi connectivity index (χ4v) is 12.3. The van der Waals surface area contributed by atoms with Crippen molar-refractivity contribution in [2.75, 3.05) is 197 Å². The van der Waals surface area contributed by atoms with Gasteiger partial charge in [0.05, 0.1) is 135 Å². The topological polar surface area (TPSA) is 495 Å². The second kappa shape index (κ2) is 85.5. The van der Waals surface area contributed by atoms with E-state index in [-0.39, 0.29) is 279 Å². The molecular weight excluding hydrogens is 2100 g/mol. The molecule has 0 radical (unpaired) electrons. The molecule has 0 aliphatic rings. The van der Waals surface area contributed by atoms with Gasteiger partial charge in [-0.25, -0.2) is 28.1 Å². The molecule has 1 heterocycles. The van der Waals surface area contributed by atoms with Crippen LogP contribution in [0.5, 0.6) is 0 Å². The van der Waals surface area contributed by atoms with E-state index in [1.54, 1.807) is 0 Å². The molecule has 1 aromatic rings. The Morgan fingerprint density at radius 2 is 0.358 bits per heavy atom. The number of rotatable bonds is 70. The smallest absolute Gasteiger partial charge is 0.336 e. The van der Waals surface area contributed by atoms with Crippen LogP contribution in [-0.2, 0) is 172 Å². The van der Waals surface area contributed by atoms with Crippen LogP contribution in [0, 0.1) is 21.7 Å². The lowest BCUT2D eigenvalue weighted by Gasteiger charge is -2.32. The van der Waals surface area contributed by atoms with Gasteiger partial charge in [0.2, 0.25) is 0 Å². The van der Waals surface area contributed by atoms with Gasteiger partial charge < -0.3 is 71.1 Å². The van der Waals surface area contributed by atoms with Crippen LogP contribution >= 0.6 is 215 Å². The minimum atomic E-state index is -1.05. The number of Topliss-reactive ketones (excluding diaryl/α,β-unsaturated/α-hetero) is 2. The number of carbonyl (C=O) groups excluding carboxylic acids is 17. The quantitative estimate of drug-likeness (QED) is 0.0226.